The number of nitrogens with zero attached hydrogens (tertiary/aromatic N) is 1. The summed E-state index contributed by atoms with van der Waals surface area (Å²) < 4.78 is 27.5. The number of hydroxylamine groups is 2. The molecular formula is C4H5NO3. The van der Waals surface area contributed by atoms with Crippen LogP contribution in [0.5, 0.6) is 0 Å². The maximum atomic E-state index is 10.7. The highest BCUT2D eigenvalue weighted by atomic mass is 16.5. The van der Waals surface area contributed by atoms with Crippen LogP contribution >= 0.6 is 0 Å². The number of amides is 2. The minimum Gasteiger partial charge on any atom is -0.279 e. The minimum atomic E-state index is -2.99. The predicted octanol–water partition coefficient (Wildman–Crippen LogP) is -0.475. The lowest BCUT2D eigenvalue weighted by molar-refractivity contribution is -0.171. The molecule has 4 heteroatoms. The third-order valence-electron chi connectivity index (χ3n) is 0.661. The molecule has 2 amide bonds. The van der Waals surface area contributed by atoms with E-state index < -0.39 is 29.6 Å². The third-order valence-corrected chi connectivity index (χ3v) is 0.661. The van der Waals surface area contributed by atoms with Crippen LogP contribution in [0.3, 0.4) is 0 Å². The fourth-order valence-corrected chi connectivity index (χ4v) is 0.305. The van der Waals surface area contributed by atoms with Crippen molar-refractivity contribution in [1.82, 2.24) is 5.06 Å². The molecule has 0 aromatic rings. The number of hydrogen-bond donors (Lipinski definition) is 1. The molecule has 0 atom stereocenters. The van der Waals surface area contributed by atoms with E-state index >= 15 is 0 Å². The van der Waals surface area contributed by atoms with Crippen molar-refractivity contribution in [1.29, 1.82) is 0 Å². The van der Waals surface area contributed by atoms with Gasteiger partial charge in [0.15, 0.2) is 0 Å². The Morgan fingerprint density at radius 3 is 2.00 bits per heavy atom. The summed E-state index contributed by atoms with van der Waals surface area (Å²) in [5.74, 6) is -3.14. The van der Waals surface area contributed by atoms with Crippen LogP contribution in [0.4, 0.5) is 0 Å². The predicted molar refractivity (Wildman–Crippen MR) is 22.9 cm³/mol. The van der Waals surface area contributed by atoms with Gasteiger partial charge in [0.05, 0.1) is 0 Å². The van der Waals surface area contributed by atoms with Gasteiger partial charge in [-0.05, 0) is 0 Å². The molecule has 0 saturated carbocycles. The zero-order chi connectivity index (χ0) is 9.73. The molecule has 8 heavy (non-hydrogen) atoms. The second kappa shape index (κ2) is 1.56. The summed E-state index contributed by atoms with van der Waals surface area (Å²) in [4.78, 5) is 21.4. The fourth-order valence-electron chi connectivity index (χ4n) is 0.305. The summed E-state index contributed by atoms with van der Waals surface area (Å²) in [5, 5.41) is 8.06. The molecule has 4 nitrogen and oxygen atoms in total. The molecule has 44 valence electrons. The number of imide groups is 1. The highest BCUT2D eigenvalue weighted by Gasteiger charge is 2.26. The maximum Gasteiger partial charge on any atom is 0.253 e. The summed E-state index contributed by atoms with van der Waals surface area (Å²) >= 11 is 0. The van der Waals surface area contributed by atoms with Gasteiger partial charge in [-0.25, -0.2) is 0 Å². The molecule has 0 unspecified atom stereocenters. The first-order valence-electron chi connectivity index (χ1n) is 3.81. The van der Waals surface area contributed by atoms with Crippen LogP contribution in [0.1, 0.15) is 18.2 Å². The molecule has 1 saturated heterocycles. The van der Waals surface area contributed by atoms with Crippen LogP contribution in [0.15, 0.2) is 0 Å². The topological polar surface area (TPSA) is 57.6 Å². The van der Waals surface area contributed by atoms with E-state index in [1.54, 1.807) is 0 Å². The van der Waals surface area contributed by atoms with E-state index in [2.05, 4.69) is 0 Å². The Hall–Kier alpha value is -0.900. The van der Waals surface area contributed by atoms with Gasteiger partial charge in [0, 0.05) is 18.2 Å². The van der Waals surface area contributed by atoms with E-state index in [1.807, 2.05) is 0 Å². The minimum absolute atomic E-state index is 0.528. The molecular weight excluding hydrogens is 110 g/mol. The van der Waals surface area contributed by atoms with Crippen molar-refractivity contribution in [2.75, 3.05) is 0 Å². The molecule has 1 fully saturated rings. The SMILES string of the molecule is [2H]C1([2H])C(=O)N(O)C(=O)C1([2H])[2H]. The van der Waals surface area contributed by atoms with Gasteiger partial charge in [0.1, 0.15) is 0 Å². The average Bonchev–Trinajstić information content (AvgIpc) is 2.05. The molecule has 0 radical (unpaired) electrons. The van der Waals surface area contributed by atoms with E-state index in [9.17, 15) is 9.59 Å². The molecule has 0 spiro atoms. The molecule has 0 aromatic carbocycles. The van der Waals surface area contributed by atoms with Crippen LogP contribution in [0.25, 0.3) is 0 Å². The lowest BCUT2D eigenvalue weighted by Crippen LogP contribution is -2.24. The van der Waals surface area contributed by atoms with Gasteiger partial charge in [-0.15, -0.1) is 0 Å². The molecule has 0 aliphatic carbocycles. The zero-order valence-electron chi connectivity index (χ0n) is 7.71. The number of carbonyl (C=O) groups is 2. The van der Waals surface area contributed by atoms with Crippen LogP contribution in [0.2, 0.25) is 0 Å². The molecule has 1 aliphatic heterocycles. The normalized spacial score (nSPS) is 40.4. The van der Waals surface area contributed by atoms with Gasteiger partial charge in [-0.3, -0.25) is 14.8 Å². The van der Waals surface area contributed by atoms with E-state index in [-0.39, 0.29) is 0 Å². The second-order valence-electron chi connectivity index (χ2n) is 1.17. The van der Waals surface area contributed by atoms with Crippen molar-refractivity contribution in [3.05, 3.63) is 0 Å². The van der Waals surface area contributed by atoms with Crippen LogP contribution in [0, 0.1) is 0 Å². The lowest BCUT2D eigenvalue weighted by atomic mass is 10.4. The molecule has 0 bridgehead atoms. The average molecular weight is 119 g/mol. The first kappa shape index (κ1) is 2.14. The third kappa shape index (κ3) is 0.586. The molecule has 1 heterocycles. The first-order chi connectivity index (χ1) is 5.23. The van der Waals surface area contributed by atoms with Crippen molar-refractivity contribution in [3.8, 4) is 0 Å². The van der Waals surface area contributed by atoms with E-state index in [1.165, 1.54) is 0 Å². The highest BCUT2D eigenvalue weighted by Crippen LogP contribution is 2.06. The number of rotatable bonds is 0. The van der Waals surface area contributed by atoms with Crippen molar-refractivity contribution in [2.24, 2.45) is 0 Å². The Bertz CT molecular complexity index is 237. The van der Waals surface area contributed by atoms with Gasteiger partial charge in [-0.1, -0.05) is 0 Å². The Morgan fingerprint density at radius 2 is 1.88 bits per heavy atom. The summed E-state index contributed by atoms with van der Waals surface area (Å²) in [7, 11) is 0. The smallest absolute Gasteiger partial charge is 0.253 e. The Morgan fingerprint density at radius 1 is 1.50 bits per heavy atom. The van der Waals surface area contributed by atoms with Crippen molar-refractivity contribution in [3.63, 3.8) is 0 Å². The Labute approximate surface area is 51.3 Å². The largest absolute Gasteiger partial charge is 0.279 e. The van der Waals surface area contributed by atoms with E-state index in [0.717, 1.165) is 0 Å². The van der Waals surface area contributed by atoms with Gasteiger partial charge < -0.3 is 0 Å². The number of hydrogen-bond acceptors (Lipinski definition) is 3. The summed E-state index contributed by atoms with van der Waals surface area (Å²) in [6.07, 6.45) is -5.97. The second-order valence-corrected chi connectivity index (χ2v) is 1.17. The fraction of sp³-hybridized carbons (Fsp3) is 0.500. The summed E-state index contributed by atoms with van der Waals surface area (Å²) in [5.41, 5.74) is 0. The monoisotopic (exact) mass is 119 g/mol. The zero-order valence-corrected chi connectivity index (χ0v) is 3.71. The Balaban J connectivity index is 3.24. The van der Waals surface area contributed by atoms with Crippen molar-refractivity contribution >= 4 is 11.8 Å². The highest BCUT2D eigenvalue weighted by molar-refractivity contribution is 6.00. The summed E-state index contributed by atoms with van der Waals surface area (Å²) in [6, 6.07) is 0. The molecule has 1 N–H and O–H groups in total. The Kier molecular flexibility index (Phi) is 0.417. The van der Waals surface area contributed by atoms with Gasteiger partial charge in [0.25, 0.3) is 11.8 Å². The van der Waals surface area contributed by atoms with Gasteiger partial charge in [0.2, 0.25) is 0 Å². The first-order valence-corrected chi connectivity index (χ1v) is 1.81. The quantitative estimate of drug-likeness (QED) is 0.346. The molecule has 1 aliphatic rings. The van der Waals surface area contributed by atoms with Gasteiger partial charge >= 0.3 is 0 Å². The van der Waals surface area contributed by atoms with Crippen LogP contribution < -0.4 is 0 Å². The molecule has 0 aromatic heterocycles. The van der Waals surface area contributed by atoms with E-state index in [4.69, 9.17) is 10.7 Å². The van der Waals surface area contributed by atoms with Crippen molar-refractivity contribution in [2.45, 2.75) is 12.7 Å². The van der Waals surface area contributed by atoms with Crippen LogP contribution in [-0.2, 0) is 9.59 Å². The van der Waals surface area contributed by atoms with Gasteiger partial charge in [-0.2, -0.15) is 5.06 Å². The number of carbonyl (C=O) groups excluding carboxylic acids is 2. The molecule has 1 rings (SSSR count). The maximum absolute atomic E-state index is 10.7. The van der Waals surface area contributed by atoms with Crippen molar-refractivity contribution < 1.29 is 20.3 Å². The van der Waals surface area contributed by atoms with E-state index in [0.29, 0.717) is 0 Å². The standard InChI is InChI=1S/C4H5NO3/c6-3-1-2-4(7)5(3)8/h8H,1-2H2/i1D2,2D2. The summed E-state index contributed by atoms with van der Waals surface area (Å²) in [6.45, 7) is 0. The lowest BCUT2D eigenvalue weighted by Gasteiger charge is -1.98. The van der Waals surface area contributed by atoms with Crippen LogP contribution in [-0.4, -0.2) is 22.1 Å².